The van der Waals surface area contributed by atoms with Gasteiger partial charge in [0.25, 0.3) is 12.3 Å². The molecule has 0 saturated heterocycles. The Labute approximate surface area is 111 Å². The molecule has 2 nitrogen and oxygen atoms in total. The predicted molar refractivity (Wildman–Crippen MR) is 62.0 cm³/mol. The number of hydrogen-bond donors (Lipinski definition) is 0. The second-order valence-corrected chi connectivity index (χ2v) is 4.21. The van der Waals surface area contributed by atoms with Crippen LogP contribution in [0.2, 0.25) is 0 Å². The normalized spacial score (nSPS) is 11.9. The third-order valence-electron chi connectivity index (χ3n) is 2.63. The van der Waals surface area contributed by atoms with Gasteiger partial charge in [0.1, 0.15) is 11.5 Å². The van der Waals surface area contributed by atoms with Crippen LogP contribution >= 0.6 is 0 Å². The van der Waals surface area contributed by atoms with E-state index < -0.39 is 29.4 Å². The van der Waals surface area contributed by atoms with Crippen molar-refractivity contribution in [3.8, 4) is 11.3 Å². The number of halogens is 5. The lowest BCUT2D eigenvalue weighted by Gasteiger charge is -2.10. The molecule has 1 aromatic carbocycles. The van der Waals surface area contributed by atoms with Crippen molar-refractivity contribution in [1.29, 1.82) is 0 Å². The topological polar surface area (TPSA) is 25.8 Å². The highest BCUT2D eigenvalue weighted by Gasteiger charge is 2.26. The second kappa shape index (κ2) is 5.15. The Balaban J connectivity index is 2.40. The average Bonchev–Trinajstić information content (AvgIpc) is 2.38. The molecule has 0 aliphatic heterocycles. The smallest absolute Gasteiger partial charge is 0.252 e. The van der Waals surface area contributed by atoms with Gasteiger partial charge in [-0.05, 0) is 18.2 Å². The van der Waals surface area contributed by atoms with E-state index in [-0.39, 0.29) is 11.3 Å². The van der Waals surface area contributed by atoms with Crippen molar-refractivity contribution < 1.29 is 22.0 Å². The zero-order valence-electron chi connectivity index (χ0n) is 10.2. The standard InChI is InChI=1S/C13H9F5N2/c1-13(17,18)11-6-19-10(5-20-11)7-2-3-9(14)8(4-7)12(15)16/h2-6,12H,1H3. The van der Waals surface area contributed by atoms with Gasteiger partial charge in [0.15, 0.2) is 0 Å². The molecule has 0 fully saturated rings. The fourth-order valence-electron chi connectivity index (χ4n) is 1.57. The van der Waals surface area contributed by atoms with Crippen molar-refractivity contribution in [1.82, 2.24) is 9.97 Å². The van der Waals surface area contributed by atoms with E-state index in [1.165, 1.54) is 6.07 Å². The van der Waals surface area contributed by atoms with E-state index in [9.17, 15) is 22.0 Å². The third-order valence-corrected chi connectivity index (χ3v) is 2.63. The summed E-state index contributed by atoms with van der Waals surface area (Å²) >= 11 is 0. The van der Waals surface area contributed by atoms with Gasteiger partial charge in [-0.15, -0.1) is 0 Å². The lowest BCUT2D eigenvalue weighted by Crippen LogP contribution is -2.10. The first-order valence-corrected chi connectivity index (χ1v) is 5.57. The molecule has 0 atom stereocenters. The minimum atomic E-state index is -3.14. The van der Waals surface area contributed by atoms with E-state index in [4.69, 9.17) is 0 Å². The van der Waals surface area contributed by atoms with Crippen molar-refractivity contribution in [3.05, 3.63) is 47.7 Å². The molecule has 0 radical (unpaired) electrons. The molecule has 2 aromatic rings. The van der Waals surface area contributed by atoms with Crippen molar-refractivity contribution in [3.63, 3.8) is 0 Å². The van der Waals surface area contributed by atoms with E-state index >= 15 is 0 Å². The Morgan fingerprint density at radius 2 is 1.80 bits per heavy atom. The number of alkyl halides is 4. The van der Waals surface area contributed by atoms with Crippen molar-refractivity contribution in [2.75, 3.05) is 0 Å². The third kappa shape index (κ3) is 2.92. The summed E-state index contributed by atoms with van der Waals surface area (Å²) in [5.74, 6) is -4.17. The maximum absolute atomic E-state index is 13.1. The molecule has 0 unspecified atom stereocenters. The monoisotopic (exact) mass is 288 g/mol. The number of nitrogens with zero attached hydrogens (tertiary/aromatic N) is 2. The first kappa shape index (κ1) is 14.4. The van der Waals surface area contributed by atoms with Crippen LogP contribution in [-0.2, 0) is 5.92 Å². The Hall–Kier alpha value is -2.05. The Kier molecular flexibility index (Phi) is 3.69. The van der Waals surface area contributed by atoms with E-state index in [0.29, 0.717) is 6.92 Å². The molecule has 0 spiro atoms. The summed E-state index contributed by atoms with van der Waals surface area (Å²) in [5.41, 5.74) is -1.01. The second-order valence-electron chi connectivity index (χ2n) is 4.21. The number of benzene rings is 1. The molecule has 2 rings (SSSR count). The molecule has 0 saturated carbocycles. The summed E-state index contributed by atoms with van der Waals surface area (Å²) in [6.07, 6.45) is -1.07. The highest BCUT2D eigenvalue weighted by Crippen LogP contribution is 2.28. The van der Waals surface area contributed by atoms with Crippen LogP contribution in [-0.4, -0.2) is 9.97 Å². The van der Waals surface area contributed by atoms with Crippen LogP contribution in [0.15, 0.2) is 30.6 Å². The Morgan fingerprint density at radius 1 is 1.10 bits per heavy atom. The average molecular weight is 288 g/mol. The van der Waals surface area contributed by atoms with Crippen molar-refractivity contribution in [2.45, 2.75) is 19.3 Å². The molecule has 1 heterocycles. The summed E-state index contributed by atoms with van der Waals surface area (Å²) in [6.45, 7) is 0.670. The van der Waals surface area contributed by atoms with Crippen LogP contribution in [0.5, 0.6) is 0 Å². The zero-order chi connectivity index (χ0) is 14.9. The molecular formula is C13H9F5N2. The quantitative estimate of drug-likeness (QED) is 0.785. The van der Waals surface area contributed by atoms with Gasteiger partial charge in [-0.25, -0.2) is 13.2 Å². The van der Waals surface area contributed by atoms with E-state index in [0.717, 1.165) is 24.5 Å². The molecule has 0 aliphatic rings. The minimum Gasteiger partial charge on any atom is -0.252 e. The van der Waals surface area contributed by atoms with Crippen molar-refractivity contribution >= 4 is 0 Å². The van der Waals surface area contributed by atoms with Crippen LogP contribution in [0, 0.1) is 5.82 Å². The Morgan fingerprint density at radius 3 is 2.30 bits per heavy atom. The summed E-state index contributed by atoms with van der Waals surface area (Å²) in [4.78, 5) is 7.27. The van der Waals surface area contributed by atoms with E-state index in [2.05, 4.69) is 9.97 Å². The highest BCUT2D eigenvalue weighted by molar-refractivity contribution is 5.59. The van der Waals surface area contributed by atoms with Crippen LogP contribution in [0.25, 0.3) is 11.3 Å². The molecule has 7 heteroatoms. The fourth-order valence-corrected chi connectivity index (χ4v) is 1.57. The van der Waals surface area contributed by atoms with E-state index in [1.54, 1.807) is 0 Å². The summed E-state index contributed by atoms with van der Waals surface area (Å²) in [5, 5.41) is 0. The number of hydrogen-bond acceptors (Lipinski definition) is 2. The molecule has 20 heavy (non-hydrogen) atoms. The first-order chi connectivity index (χ1) is 9.29. The number of aromatic nitrogens is 2. The molecule has 0 aliphatic carbocycles. The van der Waals surface area contributed by atoms with Gasteiger partial charge in [-0.2, -0.15) is 8.78 Å². The van der Waals surface area contributed by atoms with Gasteiger partial charge >= 0.3 is 0 Å². The highest BCUT2D eigenvalue weighted by atomic mass is 19.3. The lowest BCUT2D eigenvalue weighted by atomic mass is 10.1. The fraction of sp³-hybridized carbons (Fsp3) is 0.231. The first-order valence-electron chi connectivity index (χ1n) is 5.57. The zero-order valence-corrected chi connectivity index (χ0v) is 10.2. The predicted octanol–water partition coefficient (Wildman–Crippen LogP) is 4.33. The van der Waals surface area contributed by atoms with Gasteiger partial charge in [0.2, 0.25) is 0 Å². The van der Waals surface area contributed by atoms with Crippen LogP contribution in [0.4, 0.5) is 22.0 Å². The van der Waals surface area contributed by atoms with Crippen LogP contribution in [0.3, 0.4) is 0 Å². The van der Waals surface area contributed by atoms with E-state index in [1.807, 2.05) is 0 Å². The summed E-state index contributed by atoms with van der Waals surface area (Å²) in [7, 11) is 0. The largest absolute Gasteiger partial charge is 0.288 e. The molecule has 0 N–H and O–H groups in total. The molecule has 0 bridgehead atoms. The lowest BCUT2D eigenvalue weighted by molar-refractivity contribution is 0.0124. The van der Waals surface area contributed by atoms with Gasteiger partial charge in [0.05, 0.1) is 23.7 Å². The minimum absolute atomic E-state index is 0.111. The molecular weight excluding hydrogens is 279 g/mol. The maximum Gasteiger partial charge on any atom is 0.288 e. The summed E-state index contributed by atoms with van der Waals surface area (Å²) in [6, 6.07) is 3.03. The number of rotatable bonds is 3. The molecule has 1 aromatic heterocycles. The van der Waals surface area contributed by atoms with Crippen molar-refractivity contribution in [2.24, 2.45) is 0 Å². The molecule has 0 amide bonds. The van der Waals surface area contributed by atoms with Crippen LogP contribution < -0.4 is 0 Å². The Bertz CT molecular complexity index is 605. The SMILES string of the molecule is CC(F)(F)c1cnc(-c2ccc(F)c(C(F)F)c2)cn1. The molecule has 106 valence electrons. The van der Waals surface area contributed by atoms with Gasteiger partial charge in [-0.3, -0.25) is 9.97 Å². The summed E-state index contributed by atoms with van der Waals surface area (Å²) < 4.78 is 64.2. The van der Waals surface area contributed by atoms with Crippen LogP contribution in [0.1, 0.15) is 24.6 Å². The maximum atomic E-state index is 13.1. The van der Waals surface area contributed by atoms with Gasteiger partial charge < -0.3 is 0 Å². The van der Waals surface area contributed by atoms with Gasteiger partial charge in [0, 0.05) is 12.5 Å². The van der Waals surface area contributed by atoms with Gasteiger partial charge in [-0.1, -0.05) is 0 Å².